The van der Waals surface area contributed by atoms with Crippen LogP contribution < -0.4 is 9.64 Å². The SMILES string of the molecule is N#Cc1ccc(COc2ccnc(N3C4CCC3CN(Cc3nc5ccc(C(=O)O)cc5n3C[C@@H]3CCO3)C4)c2)c(F)c1. The minimum atomic E-state index is -0.951. The molecule has 3 saturated heterocycles. The Bertz CT molecular complexity index is 1720. The quantitative estimate of drug-likeness (QED) is 0.307. The van der Waals surface area contributed by atoms with Crippen LogP contribution in [-0.2, 0) is 24.4 Å². The van der Waals surface area contributed by atoms with Crippen LogP contribution in [0.5, 0.6) is 5.75 Å². The number of piperazine rings is 1. The van der Waals surface area contributed by atoms with Gasteiger partial charge in [-0.15, -0.1) is 0 Å². The molecule has 0 saturated carbocycles. The maximum Gasteiger partial charge on any atom is 0.335 e. The van der Waals surface area contributed by atoms with E-state index in [4.69, 9.17) is 19.7 Å². The zero-order chi connectivity index (χ0) is 29.5. The molecule has 0 radical (unpaired) electrons. The number of likely N-dealkylation sites (tertiary alicyclic amines) is 1. The van der Waals surface area contributed by atoms with Gasteiger partial charge in [0.1, 0.15) is 29.8 Å². The summed E-state index contributed by atoms with van der Waals surface area (Å²) in [7, 11) is 0. The molecule has 3 aliphatic heterocycles. The lowest BCUT2D eigenvalue weighted by Gasteiger charge is -2.41. The molecule has 4 aromatic rings. The van der Waals surface area contributed by atoms with Crippen molar-refractivity contribution < 1.29 is 23.8 Å². The van der Waals surface area contributed by atoms with Crippen LogP contribution in [0.4, 0.5) is 10.2 Å². The molecule has 3 fully saturated rings. The molecule has 220 valence electrons. The molecule has 11 heteroatoms. The molecule has 3 atom stereocenters. The average Bonchev–Trinajstić information content (AvgIpc) is 3.46. The molecule has 2 bridgehead atoms. The minimum Gasteiger partial charge on any atom is -0.489 e. The summed E-state index contributed by atoms with van der Waals surface area (Å²) in [6.07, 6.45) is 4.93. The van der Waals surface area contributed by atoms with E-state index in [9.17, 15) is 14.3 Å². The van der Waals surface area contributed by atoms with Crippen molar-refractivity contribution in [3.05, 3.63) is 83.1 Å². The van der Waals surface area contributed by atoms with E-state index >= 15 is 0 Å². The summed E-state index contributed by atoms with van der Waals surface area (Å²) >= 11 is 0. The number of imidazole rings is 1. The Kier molecular flexibility index (Phi) is 7.16. The number of nitrogens with zero attached hydrogens (tertiary/aromatic N) is 6. The van der Waals surface area contributed by atoms with Gasteiger partial charge in [-0.05, 0) is 55.7 Å². The van der Waals surface area contributed by atoms with Crippen LogP contribution >= 0.6 is 0 Å². The van der Waals surface area contributed by atoms with Gasteiger partial charge in [-0.1, -0.05) is 6.07 Å². The van der Waals surface area contributed by atoms with Crippen LogP contribution in [0.2, 0.25) is 0 Å². The van der Waals surface area contributed by atoms with E-state index in [0.29, 0.717) is 24.4 Å². The number of ether oxygens (including phenoxy) is 2. The molecule has 43 heavy (non-hydrogen) atoms. The lowest BCUT2D eigenvalue weighted by molar-refractivity contribution is -0.0592. The van der Waals surface area contributed by atoms with Crippen molar-refractivity contribution in [1.29, 1.82) is 5.26 Å². The number of halogens is 1. The van der Waals surface area contributed by atoms with E-state index in [1.54, 1.807) is 42.6 Å². The number of carboxylic acid groups (broad SMARTS) is 1. The molecule has 0 amide bonds. The summed E-state index contributed by atoms with van der Waals surface area (Å²) in [4.78, 5) is 26.1. The summed E-state index contributed by atoms with van der Waals surface area (Å²) in [5.74, 6) is 0.972. The van der Waals surface area contributed by atoms with E-state index in [1.807, 2.05) is 12.1 Å². The molecule has 1 N–H and O–H groups in total. The molecule has 0 spiro atoms. The zero-order valence-corrected chi connectivity index (χ0v) is 23.5. The molecular weight excluding hydrogens is 551 g/mol. The third-order valence-electron chi connectivity index (χ3n) is 8.73. The lowest BCUT2D eigenvalue weighted by Crippen LogP contribution is -2.54. The number of benzene rings is 2. The second-order valence-corrected chi connectivity index (χ2v) is 11.5. The van der Waals surface area contributed by atoms with Crippen molar-refractivity contribution in [1.82, 2.24) is 19.4 Å². The fraction of sp³-hybridized carbons (Fsp3) is 0.375. The molecular formula is C32H31FN6O4. The van der Waals surface area contributed by atoms with Gasteiger partial charge in [0.05, 0.1) is 47.4 Å². The number of anilines is 1. The van der Waals surface area contributed by atoms with Gasteiger partial charge in [0.25, 0.3) is 0 Å². The number of nitriles is 1. The average molecular weight is 583 g/mol. The summed E-state index contributed by atoms with van der Waals surface area (Å²) in [5.41, 5.74) is 2.54. The molecule has 2 aromatic carbocycles. The standard InChI is InChI=1S/C32H31FN6O4/c33-27-11-20(14-34)1-2-22(27)19-43-25-7-9-35-30(13-25)39-23-4-5-24(39)16-37(15-23)18-31-36-28-6-3-21(32(40)41)12-29(28)38(31)17-26-8-10-42-26/h1-3,6-7,9,11-13,23-24,26H,4-5,8,10,15-19H2,(H,40,41)/t23?,24?,26-/m0/s1. The van der Waals surface area contributed by atoms with E-state index < -0.39 is 11.8 Å². The van der Waals surface area contributed by atoms with Gasteiger partial charge in [0.15, 0.2) is 0 Å². The highest BCUT2D eigenvalue weighted by molar-refractivity contribution is 5.92. The van der Waals surface area contributed by atoms with E-state index in [-0.39, 0.29) is 35.9 Å². The Morgan fingerprint density at radius 3 is 2.63 bits per heavy atom. The third-order valence-corrected chi connectivity index (χ3v) is 8.73. The minimum absolute atomic E-state index is 0.0580. The first-order valence-electron chi connectivity index (χ1n) is 14.6. The van der Waals surface area contributed by atoms with Crippen molar-refractivity contribution in [3.63, 3.8) is 0 Å². The Labute approximate surface area is 247 Å². The monoisotopic (exact) mass is 582 g/mol. The van der Waals surface area contributed by atoms with Gasteiger partial charge in [0, 0.05) is 49.6 Å². The van der Waals surface area contributed by atoms with Crippen molar-refractivity contribution in [3.8, 4) is 11.8 Å². The highest BCUT2D eigenvalue weighted by atomic mass is 19.1. The number of rotatable bonds is 9. The van der Waals surface area contributed by atoms with Crippen molar-refractivity contribution >= 4 is 22.8 Å². The third kappa shape index (κ3) is 5.40. The van der Waals surface area contributed by atoms with Crippen LogP contribution in [0.25, 0.3) is 11.0 Å². The van der Waals surface area contributed by atoms with Crippen LogP contribution in [0.1, 0.15) is 46.6 Å². The van der Waals surface area contributed by atoms with Crippen molar-refractivity contribution in [2.75, 3.05) is 24.6 Å². The molecule has 2 unspecified atom stereocenters. The van der Waals surface area contributed by atoms with Crippen LogP contribution in [0, 0.1) is 17.1 Å². The van der Waals surface area contributed by atoms with E-state index in [2.05, 4.69) is 19.4 Å². The van der Waals surface area contributed by atoms with Gasteiger partial charge in [-0.25, -0.2) is 19.2 Å². The fourth-order valence-corrected chi connectivity index (χ4v) is 6.48. The maximum atomic E-state index is 14.3. The van der Waals surface area contributed by atoms with Crippen LogP contribution in [0.15, 0.2) is 54.7 Å². The summed E-state index contributed by atoms with van der Waals surface area (Å²) in [5, 5.41) is 18.5. The second-order valence-electron chi connectivity index (χ2n) is 11.5. The molecule has 5 heterocycles. The first-order chi connectivity index (χ1) is 20.9. The summed E-state index contributed by atoms with van der Waals surface area (Å²) in [6, 6.07) is 15.7. The smallest absolute Gasteiger partial charge is 0.335 e. The summed E-state index contributed by atoms with van der Waals surface area (Å²) < 4.78 is 28.1. The van der Waals surface area contributed by atoms with E-state index in [1.165, 1.54) is 6.07 Å². The molecule has 7 rings (SSSR count). The Morgan fingerprint density at radius 1 is 1.12 bits per heavy atom. The predicted octanol–water partition coefficient (Wildman–Crippen LogP) is 4.36. The van der Waals surface area contributed by atoms with E-state index in [0.717, 1.165) is 61.6 Å². The topological polar surface area (TPSA) is 117 Å². The van der Waals surface area contributed by atoms with Crippen molar-refractivity contribution in [2.45, 2.75) is 57.1 Å². The van der Waals surface area contributed by atoms with Gasteiger partial charge in [-0.2, -0.15) is 5.26 Å². The number of hydrogen-bond acceptors (Lipinski definition) is 8. The highest BCUT2D eigenvalue weighted by Gasteiger charge is 2.41. The summed E-state index contributed by atoms with van der Waals surface area (Å²) in [6.45, 7) is 3.84. The number of pyridine rings is 1. The van der Waals surface area contributed by atoms with Gasteiger partial charge >= 0.3 is 5.97 Å². The normalized spacial score (nSPS) is 21.5. The van der Waals surface area contributed by atoms with Gasteiger partial charge in [0.2, 0.25) is 0 Å². The lowest BCUT2D eigenvalue weighted by atomic mass is 10.1. The molecule has 10 nitrogen and oxygen atoms in total. The van der Waals surface area contributed by atoms with Gasteiger partial charge < -0.3 is 24.0 Å². The first kappa shape index (κ1) is 27.3. The Balaban J connectivity index is 1.06. The Hall–Kier alpha value is -4.53. The number of carbonyl (C=O) groups is 1. The first-order valence-corrected chi connectivity index (χ1v) is 14.6. The van der Waals surface area contributed by atoms with Crippen LogP contribution in [-0.4, -0.2) is 68.4 Å². The highest BCUT2D eigenvalue weighted by Crippen LogP contribution is 2.36. The zero-order valence-electron chi connectivity index (χ0n) is 23.5. The number of aromatic carboxylic acids is 1. The molecule has 2 aromatic heterocycles. The van der Waals surface area contributed by atoms with Crippen molar-refractivity contribution in [2.24, 2.45) is 0 Å². The maximum absolute atomic E-state index is 14.3. The predicted molar refractivity (Wildman–Crippen MR) is 155 cm³/mol. The van der Waals surface area contributed by atoms with Gasteiger partial charge in [-0.3, -0.25) is 4.90 Å². The number of fused-ring (bicyclic) bond motifs is 3. The fourth-order valence-electron chi connectivity index (χ4n) is 6.48. The second kappa shape index (κ2) is 11.3. The van der Waals surface area contributed by atoms with Crippen LogP contribution in [0.3, 0.4) is 0 Å². The molecule has 3 aliphatic rings. The molecule has 0 aliphatic carbocycles. The largest absolute Gasteiger partial charge is 0.489 e. The number of aromatic nitrogens is 3. The number of carboxylic acids is 1. The number of hydrogen-bond donors (Lipinski definition) is 1. The Morgan fingerprint density at radius 2 is 1.93 bits per heavy atom.